The standard InChI is InChI=1S/C27H47N7O/c1-11-13-28-21-30-22(29-19-15-24(3,4)33-25(5,6)16-19)32-23(31-21)35-20-17-26(7,8)34(14-12-2)27(9,10)18-20/h11-12,19-20,33H,1-2,13-18H2,3-10H3,(H2,28,29,30,31,32). The summed E-state index contributed by atoms with van der Waals surface area (Å²) >= 11 is 0. The van der Waals surface area contributed by atoms with Gasteiger partial charge in [-0.25, -0.2) is 0 Å². The largest absolute Gasteiger partial charge is 0.460 e. The van der Waals surface area contributed by atoms with Gasteiger partial charge < -0.3 is 20.7 Å². The number of anilines is 2. The second-order valence-corrected chi connectivity index (χ2v) is 12.7. The van der Waals surface area contributed by atoms with Gasteiger partial charge in [0.1, 0.15) is 6.10 Å². The molecule has 2 aliphatic heterocycles. The van der Waals surface area contributed by atoms with Crippen molar-refractivity contribution in [1.82, 2.24) is 25.2 Å². The van der Waals surface area contributed by atoms with E-state index in [2.05, 4.69) is 99.4 Å². The highest BCUT2D eigenvalue weighted by molar-refractivity contribution is 5.37. The molecule has 1 aromatic rings. The predicted molar refractivity (Wildman–Crippen MR) is 145 cm³/mol. The molecule has 0 aliphatic carbocycles. The Labute approximate surface area is 212 Å². The smallest absolute Gasteiger partial charge is 0.323 e. The fraction of sp³-hybridized carbons (Fsp3) is 0.741. The van der Waals surface area contributed by atoms with Crippen LogP contribution in [0, 0.1) is 0 Å². The van der Waals surface area contributed by atoms with Crippen LogP contribution in [0.25, 0.3) is 0 Å². The van der Waals surface area contributed by atoms with Crippen LogP contribution in [0.3, 0.4) is 0 Å². The van der Waals surface area contributed by atoms with Crippen LogP contribution in [-0.2, 0) is 0 Å². The van der Waals surface area contributed by atoms with Crippen molar-refractivity contribution in [2.45, 2.75) is 115 Å². The lowest BCUT2D eigenvalue weighted by Crippen LogP contribution is -2.62. The summed E-state index contributed by atoms with van der Waals surface area (Å²) in [5, 5.41) is 10.5. The number of ether oxygens (including phenoxy) is 1. The summed E-state index contributed by atoms with van der Waals surface area (Å²) in [6.45, 7) is 27.2. The van der Waals surface area contributed by atoms with Crippen LogP contribution in [-0.4, -0.2) is 67.2 Å². The van der Waals surface area contributed by atoms with Crippen molar-refractivity contribution >= 4 is 11.9 Å². The third-order valence-electron chi connectivity index (χ3n) is 7.04. The highest BCUT2D eigenvalue weighted by atomic mass is 16.5. The van der Waals surface area contributed by atoms with Crippen molar-refractivity contribution in [3.05, 3.63) is 25.3 Å². The summed E-state index contributed by atoms with van der Waals surface area (Å²) in [5.41, 5.74) is -0.0334. The molecule has 0 saturated carbocycles. The summed E-state index contributed by atoms with van der Waals surface area (Å²) < 4.78 is 6.45. The number of likely N-dealkylation sites (tertiary alicyclic amines) is 1. The molecule has 3 rings (SSSR count). The summed E-state index contributed by atoms with van der Waals surface area (Å²) in [5.74, 6) is 1.04. The maximum absolute atomic E-state index is 6.45. The molecular weight excluding hydrogens is 438 g/mol. The van der Waals surface area contributed by atoms with Crippen LogP contribution in [0.2, 0.25) is 0 Å². The SMILES string of the molecule is C=CCNc1nc(NC2CC(C)(C)NC(C)(C)C2)nc(OC2CC(C)(C)N(CC=C)C(C)(C)C2)n1. The average Bonchev–Trinajstić information content (AvgIpc) is 2.66. The zero-order chi connectivity index (χ0) is 26.1. The first-order valence-electron chi connectivity index (χ1n) is 12.9. The average molecular weight is 486 g/mol. The molecule has 0 unspecified atom stereocenters. The van der Waals surface area contributed by atoms with Gasteiger partial charge in [0.2, 0.25) is 11.9 Å². The van der Waals surface area contributed by atoms with Crippen molar-refractivity contribution in [3.63, 3.8) is 0 Å². The molecule has 0 aromatic carbocycles. The topological polar surface area (TPSA) is 87.2 Å². The van der Waals surface area contributed by atoms with Crippen LogP contribution >= 0.6 is 0 Å². The molecule has 3 N–H and O–H groups in total. The van der Waals surface area contributed by atoms with E-state index in [-0.39, 0.29) is 34.3 Å². The van der Waals surface area contributed by atoms with Crippen LogP contribution in [0.15, 0.2) is 25.3 Å². The summed E-state index contributed by atoms with van der Waals surface area (Å²) in [4.78, 5) is 16.4. The molecule has 2 saturated heterocycles. The Hall–Kier alpha value is -2.19. The Kier molecular flexibility index (Phi) is 7.87. The van der Waals surface area contributed by atoms with E-state index in [9.17, 15) is 0 Å². The Morgan fingerprint density at radius 1 is 0.886 bits per heavy atom. The lowest BCUT2D eigenvalue weighted by Gasteiger charge is -2.54. The zero-order valence-corrected chi connectivity index (χ0v) is 23.2. The molecule has 2 aliphatic rings. The maximum atomic E-state index is 6.45. The van der Waals surface area contributed by atoms with Crippen molar-refractivity contribution in [2.75, 3.05) is 23.7 Å². The fourth-order valence-corrected chi connectivity index (χ4v) is 6.41. The van der Waals surface area contributed by atoms with Gasteiger partial charge in [0.25, 0.3) is 0 Å². The molecule has 2 fully saturated rings. The fourth-order valence-electron chi connectivity index (χ4n) is 6.41. The Bertz CT molecular complexity index is 875. The summed E-state index contributed by atoms with van der Waals surface area (Å²) in [6, 6.07) is 0.596. The lowest BCUT2D eigenvalue weighted by atomic mass is 9.78. The summed E-state index contributed by atoms with van der Waals surface area (Å²) in [6.07, 6.45) is 7.47. The Morgan fingerprint density at radius 3 is 2.00 bits per heavy atom. The van der Waals surface area contributed by atoms with Crippen LogP contribution in [0.1, 0.15) is 81.1 Å². The molecule has 1 aromatic heterocycles. The predicted octanol–water partition coefficient (Wildman–Crippen LogP) is 4.78. The Morgan fingerprint density at radius 2 is 1.46 bits per heavy atom. The minimum Gasteiger partial charge on any atom is -0.460 e. The van der Waals surface area contributed by atoms with Gasteiger partial charge in [-0.3, -0.25) is 4.90 Å². The second kappa shape index (κ2) is 10.1. The second-order valence-electron chi connectivity index (χ2n) is 12.7. The maximum Gasteiger partial charge on any atom is 0.323 e. The molecule has 0 spiro atoms. The van der Waals surface area contributed by atoms with Gasteiger partial charge in [0.05, 0.1) is 0 Å². The number of rotatable bonds is 9. The lowest BCUT2D eigenvalue weighted by molar-refractivity contribution is -0.0676. The molecular formula is C27H47N7O. The molecule has 8 heteroatoms. The number of hydrogen-bond acceptors (Lipinski definition) is 8. The molecule has 196 valence electrons. The highest BCUT2D eigenvalue weighted by Crippen LogP contribution is 2.39. The minimum atomic E-state index is -0.0368. The minimum absolute atomic E-state index is 0.000293. The number of nitrogens with one attached hydrogen (secondary N) is 3. The first-order chi connectivity index (χ1) is 16.1. The quantitative estimate of drug-likeness (QED) is 0.431. The molecule has 35 heavy (non-hydrogen) atoms. The van der Waals surface area contributed by atoms with Gasteiger partial charge in [-0.15, -0.1) is 13.2 Å². The van der Waals surface area contributed by atoms with Gasteiger partial charge in [0.15, 0.2) is 0 Å². The monoisotopic (exact) mass is 485 g/mol. The van der Waals surface area contributed by atoms with Crippen LogP contribution in [0.5, 0.6) is 6.01 Å². The molecule has 0 atom stereocenters. The van der Waals surface area contributed by atoms with Gasteiger partial charge >= 0.3 is 6.01 Å². The number of aromatic nitrogens is 3. The highest BCUT2D eigenvalue weighted by Gasteiger charge is 2.46. The van der Waals surface area contributed by atoms with Gasteiger partial charge in [-0.05, 0) is 68.2 Å². The van der Waals surface area contributed by atoms with E-state index in [0.29, 0.717) is 24.5 Å². The third kappa shape index (κ3) is 7.17. The van der Waals surface area contributed by atoms with Crippen molar-refractivity contribution in [1.29, 1.82) is 0 Å². The molecule has 8 nitrogen and oxygen atoms in total. The van der Waals surface area contributed by atoms with Gasteiger partial charge in [-0.1, -0.05) is 12.2 Å². The molecule has 0 radical (unpaired) electrons. The van der Waals surface area contributed by atoms with E-state index in [0.717, 1.165) is 32.2 Å². The first-order valence-corrected chi connectivity index (χ1v) is 12.9. The van der Waals surface area contributed by atoms with E-state index in [1.165, 1.54) is 0 Å². The van der Waals surface area contributed by atoms with E-state index < -0.39 is 0 Å². The van der Waals surface area contributed by atoms with Crippen molar-refractivity contribution < 1.29 is 4.74 Å². The van der Waals surface area contributed by atoms with Crippen molar-refractivity contribution in [3.8, 4) is 6.01 Å². The van der Waals surface area contributed by atoms with Gasteiger partial charge in [0, 0.05) is 54.1 Å². The Balaban J connectivity index is 1.82. The number of piperidine rings is 2. The van der Waals surface area contributed by atoms with E-state index >= 15 is 0 Å². The molecule has 0 bridgehead atoms. The molecule has 0 amide bonds. The van der Waals surface area contributed by atoms with E-state index in [1.807, 2.05) is 6.08 Å². The number of hydrogen-bond donors (Lipinski definition) is 3. The third-order valence-corrected chi connectivity index (χ3v) is 7.04. The van der Waals surface area contributed by atoms with Crippen LogP contribution < -0.4 is 20.7 Å². The molecule has 3 heterocycles. The summed E-state index contributed by atoms with van der Waals surface area (Å²) in [7, 11) is 0. The van der Waals surface area contributed by atoms with Crippen molar-refractivity contribution in [2.24, 2.45) is 0 Å². The van der Waals surface area contributed by atoms with E-state index in [1.54, 1.807) is 6.08 Å². The normalized spacial score (nSPS) is 23.9. The number of nitrogens with zero attached hydrogens (tertiary/aromatic N) is 4. The van der Waals surface area contributed by atoms with Gasteiger partial charge in [-0.2, -0.15) is 15.0 Å². The first kappa shape index (κ1) is 27.4. The van der Waals surface area contributed by atoms with Crippen LogP contribution in [0.4, 0.5) is 11.9 Å². The van der Waals surface area contributed by atoms with E-state index in [4.69, 9.17) is 9.72 Å². The zero-order valence-electron chi connectivity index (χ0n) is 23.2.